The number of Topliss-reactive ketones (excluding diaryl/α,β-unsaturated/α-hetero) is 1. The number of hydrogen-bond acceptors (Lipinski definition) is 4. The molecule has 2 rings (SSSR count). The molecule has 0 aliphatic carbocycles. The number of nitrogens with one attached hydrogen (secondary N) is 2. The zero-order valence-electron chi connectivity index (χ0n) is 13.6. The Morgan fingerprint density at radius 1 is 1.17 bits per heavy atom. The molecule has 2 amide bonds. The maximum atomic E-state index is 12.1. The first kappa shape index (κ1) is 17.5. The van der Waals surface area contributed by atoms with Crippen molar-refractivity contribution >= 4 is 17.5 Å². The molecular formula is C18H20N2O4. The van der Waals surface area contributed by atoms with Gasteiger partial charge in [-0.05, 0) is 36.8 Å². The van der Waals surface area contributed by atoms with Gasteiger partial charge in [-0.3, -0.25) is 4.79 Å². The minimum atomic E-state index is -0.549. The van der Waals surface area contributed by atoms with E-state index in [1.807, 2.05) is 0 Å². The maximum absolute atomic E-state index is 12.1. The Labute approximate surface area is 140 Å². The number of methoxy groups -OCH3 is 1. The molecule has 0 saturated carbocycles. The van der Waals surface area contributed by atoms with Crippen LogP contribution in [0.1, 0.15) is 28.9 Å². The first-order valence-electron chi connectivity index (χ1n) is 7.47. The number of urea groups is 1. The van der Waals surface area contributed by atoms with Crippen molar-refractivity contribution < 1.29 is 19.4 Å². The van der Waals surface area contributed by atoms with Crippen LogP contribution in [-0.4, -0.2) is 30.6 Å². The summed E-state index contributed by atoms with van der Waals surface area (Å²) in [6.07, 6.45) is 0. The van der Waals surface area contributed by atoms with Crippen LogP contribution in [0.5, 0.6) is 5.75 Å². The normalized spacial score (nSPS) is 11.5. The number of aliphatic hydroxyl groups excluding tert-OH is 1. The van der Waals surface area contributed by atoms with Crippen LogP contribution < -0.4 is 15.4 Å². The Balaban J connectivity index is 2.03. The van der Waals surface area contributed by atoms with Crippen LogP contribution in [0.3, 0.4) is 0 Å². The fourth-order valence-electron chi connectivity index (χ4n) is 2.21. The second-order valence-electron chi connectivity index (χ2n) is 5.24. The number of amides is 2. The molecule has 0 bridgehead atoms. The second kappa shape index (κ2) is 8.12. The van der Waals surface area contributed by atoms with Gasteiger partial charge in [0.25, 0.3) is 0 Å². The summed E-state index contributed by atoms with van der Waals surface area (Å²) in [4.78, 5) is 23.5. The topological polar surface area (TPSA) is 87.7 Å². The summed E-state index contributed by atoms with van der Waals surface area (Å²) in [5.41, 5.74) is 1.78. The van der Waals surface area contributed by atoms with E-state index >= 15 is 0 Å². The van der Waals surface area contributed by atoms with Crippen LogP contribution in [0.4, 0.5) is 10.5 Å². The molecule has 3 N–H and O–H groups in total. The SMILES string of the molecule is COc1ccc([C@@H](CO)NC(=O)Nc2cccc(C(C)=O)c2)cc1. The minimum Gasteiger partial charge on any atom is -0.497 e. The maximum Gasteiger partial charge on any atom is 0.319 e. The highest BCUT2D eigenvalue weighted by Gasteiger charge is 2.14. The summed E-state index contributed by atoms with van der Waals surface area (Å²) >= 11 is 0. The summed E-state index contributed by atoms with van der Waals surface area (Å²) in [6, 6.07) is 12.7. The first-order chi connectivity index (χ1) is 11.5. The Morgan fingerprint density at radius 3 is 2.46 bits per heavy atom. The van der Waals surface area contributed by atoms with Gasteiger partial charge in [0.1, 0.15) is 5.75 Å². The van der Waals surface area contributed by atoms with E-state index < -0.39 is 12.1 Å². The molecule has 0 aliphatic heterocycles. The lowest BCUT2D eigenvalue weighted by Gasteiger charge is -2.17. The lowest BCUT2D eigenvalue weighted by Crippen LogP contribution is -2.34. The fraction of sp³-hybridized carbons (Fsp3) is 0.222. The molecule has 0 heterocycles. The van der Waals surface area contributed by atoms with Crippen LogP contribution in [0.2, 0.25) is 0 Å². The highest BCUT2D eigenvalue weighted by atomic mass is 16.5. The number of carbonyl (C=O) groups is 2. The van der Waals surface area contributed by atoms with Gasteiger partial charge in [-0.1, -0.05) is 24.3 Å². The Bertz CT molecular complexity index is 713. The molecule has 1 atom stereocenters. The summed E-state index contributed by atoms with van der Waals surface area (Å²) in [7, 11) is 1.57. The Morgan fingerprint density at radius 2 is 1.88 bits per heavy atom. The monoisotopic (exact) mass is 328 g/mol. The highest BCUT2D eigenvalue weighted by Crippen LogP contribution is 2.18. The molecule has 0 aliphatic rings. The zero-order chi connectivity index (χ0) is 17.5. The van der Waals surface area contributed by atoms with Crippen LogP contribution in [0.15, 0.2) is 48.5 Å². The summed E-state index contributed by atoms with van der Waals surface area (Å²) in [5.74, 6) is 0.617. The van der Waals surface area contributed by atoms with Gasteiger partial charge >= 0.3 is 6.03 Å². The number of carbonyl (C=O) groups excluding carboxylic acids is 2. The van der Waals surface area contributed by atoms with Crippen molar-refractivity contribution in [3.05, 3.63) is 59.7 Å². The molecule has 0 unspecified atom stereocenters. The van der Waals surface area contributed by atoms with Crippen molar-refractivity contribution in [1.82, 2.24) is 5.32 Å². The van der Waals surface area contributed by atoms with Crippen molar-refractivity contribution in [2.45, 2.75) is 13.0 Å². The van der Waals surface area contributed by atoms with Crippen LogP contribution >= 0.6 is 0 Å². The molecule has 0 radical (unpaired) electrons. The number of ketones is 1. The number of benzene rings is 2. The van der Waals surface area contributed by atoms with E-state index in [1.54, 1.807) is 55.6 Å². The molecular weight excluding hydrogens is 308 g/mol. The minimum absolute atomic E-state index is 0.0782. The Hall–Kier alpha value is -2.86. The van der Waals surface area contributed by atoms with E-state index in [-0.39, 0.29) is 12.4 Å². The van der Waals surface area contributed by atoms with Gasteiger partial charge in [0.05, 0.1) is 19.8 Å². The summed E-state index contributed by atoms with van der Waals surface area (Å²) in [5, 5.41) is 14.9. The number of rotatable bonds is 6. The molecule has 2 aromatic carbocycles. The number of hydrogen-bond donors (Lipinski definition) is 3. The van der Waals surface area contributed by atoms with E-state index in [0.29, 0.717) is 17.0 Å². The van der Waals surface area contributed by atoms with Crippen molar-refractivity contribution in [3.8, 4) is 5.75 Å². The van der Waals surface area contributed by atoms with Gasteiger partial charge < -0.3 is 20.5 Å². The predicted molar refractivity (Wildman–Crippen MR) is 91.4 cm³/mol. The van der Waals surface area contributed by atoms with Crippen molar-refractivity contribution in [2.75, 3.05) is 19.0 Å². The highest BCUT2D eigenvalue weighted by molar-refractivity contribution is 5.96. The molecule has 6 nitrogen and oxygen atoms in total. The second-order valence-corrected chi connectivity index (χ2v) is 5.24. The number of anilines is 1. The van der Waals surface area contributed by atoms with Crippen LogP contribution in [0.25, 0.3) is 0 Å². The van der Waals surface area contributed by atoms with Gasteiger partial charge in [0.2, 0.25) is 0 Å². The molecule has 2 aromatic rings. The third-order valence-electron chi connectivity index (χ3n) is 3.53. The lowest BCUT2D eigenvalue weighted by molar-refractivity contribution is 0.101. The van der Waals surface area contributed by atoms with E-state index in [2.05, 4.69) is 10.6 Å². The van der Waals surface area contributed by atoms with Crippen molar-refractivity contribution in [1.29, 1.82) is 0 Å². The lowest BCUT2D eigenvalue weighted by atomic mass is 10.1. The smallest absolute Gasteiger partial charge is 0.319 e. The average molecular weight is 328 g/mol. The third-order valence-corrected chi connectivity index (χ3v) is 3.53. The molecule has 24 heavy (non-hydrogen) atoms. The predicted octanol–water partition coefficient (Wildman–Crippen LogP) is 2.75. The van der Waals surface area contributed by atoms with Crippen LogP contribution in [0, 0.1) is 0 Å². The van der Waals surface area contributed by atoms with E-state index in [1.165, 1.54) is 6.92 Å². The largest absolute Gasteiger partial charge is 0.497 e. The van der Waals surface area contributed by atoms with Crippen molar-refractivity contribution in [3.63, 3.8) is 0 Å². The molecule has 0 saturated heterocycles. The van der Waals surface area contributed by atoms with Gasteiger partial charge in [0, 0.05) is 11.3 Å². The quantitative estimate of drug-likeness (QED) is 0.712. The molecule has 126 valence electrons. The van der Waals surface area contributed by atoms with Gasteiger partial charge in [-0.25, -0.2) is 4.79 Å². The number of ether oxygens (including phenoxy) is 1. The van der Waals surface area contributed by atoms with Gasteiger partial charge in [0.15, 0.2) is 5.78 Å². The van der Waals surface area contributed by atoms with Crippen LogP contribution in [-0.2, 0) is 0 Å². The first-order valence-corrected chi connectivity index (χ1v) is 7.47. The molecule has 0 aromatic heterocycles. The summed E-state index contributed by atoms with van der Waals surface area (Å²) < 4.78 is 5.08. The number of aliphatic hydroxyl groups is 1. The van der Waals surface area contributed by atoms with E-state index in [9.17, 15) is 14.7 Å². The molecule has 0 spiro atoms. The third kappa shape index (κ3) is 4.57. The fourth-order valence-corrected chi connectivity index (χ4v) is 2.21. The summed E-state index contributed by atoms with van der Waals surface area (Å²) in [6.45, 7) is 1.22. The standard InChI is InChI=1S/C18H20N2O4/c1-12(22)14-4-3-5-15(10-14)19-18(23)20-17(11-21)13-6-8-16(24-2)9-7-13/h3-10,17,21H,11H2,1-2H3,(H2,19,20,23)/t17-/m1/s1. The van der Waals surface area contributed by atoms with Gasteiger partial charge in [-0.2, -0.15) is 0 Å². The van der Waals surface area contributed by atoms with E-state index in [4.69, 9.17) is 4.74 Å². The zero-order valence-corrected chi connectivity index (χ0v) is 13.6. The van der Waals surface area contributed by atoms with E-state index in [0.717, 1.165) is 5.56 Å². The van der Waals surface area contributed by atoms with Crippen molar-refractivity contribution in [2.24, 2.45) is 0 Å². The van der Waals surface area contributed by atoms with Gasteiger partial charge in [-0.15, -0.1) is 0 Å². The molecule has 6 heteroatoms. The average Bonchev–Trinajstić information content (AvgIpc) is 2.60. The Kier molecular flexibility index (Phi) is 5.92. The molecule has 0 fully saturated rings.